The van der Waals surface area contributed by atoms with E-state index in [1.54, 1.807) is 6.20 Å². The summed E-state index contributed by atoms with van der Waals surface area (Å²) in [4.78, 5) is 4.88. The number of guanidine groups is 1. The molecule has 2 N–H and O–H groups in total. The van der Waals surface area contributed by atoms with Gasteiger partial charge >= 0.3 is 0 Å². The van der Waals surface area contributed by atoms with Crippen LogP contribution in [0.1, 0.15) is 42.4 Å². The molecule has 0 aliphatic carbocycles. The zero-order valence-corrected chi connectivity index (χ0v) is 19.7. The smallest absolute Gasteiger partial charge is 0.191 e. The van der Waals surface area contributed by atoms with E-state index >= 15 is 0 Å². The lowest BCUT2D eigenvalue weighted by Crippen LogP contribution is -2.43. The van der Waals surface area contributed by atoms with Crippen LogP contribution in [0.5, 0.6) is 0 Å². The first-order valence-corrected chi connectivity index (χ1v) is 11.0. The Kier molecular flexibility index (Phi) is 7.74. The van der Waals surface area contributed by atoms with Crippen LogP contribution >= 0.6 is 11.6 Å². The minimum absolute atomic E-state index is 0.0131. The molecule has 0 aliphatic heterocycles. The van der Waals surface area contributed by atoms with E-state index in [1.165, 1.54) is 11.3 Å². The fourth-order valence-corrected chi connectivity index (χ4v) is 3.82. The number of nitrogens with zero attached hydrogens (tertiary/aromatic N) is 5. The minimum atomic E-state index is -0.0131. The molecular weight excluding hydrogens is 410 g/mol. The van der Waals surface area contributed by atoms with Crippen LogP contribution in [-0.4, -0.2) is 44.7 Å². The maximum atomic E-state index is 6.08. The van der Waals surface area contributed by atoms with Gasteiger partial charge in [0.05, 0.1) is 18.3 Å². The molecule has 7 nitrogen and oxygen atoms in total. The van der Waals surface area contributed by atoms with Gasteiger partial charge in [0.25, 0.3) is 0 Å². The summed E-state index contributed by atoms with van der Waals surface area (Å²) in [6, 6.07) is 9.99. The molecule has 3 rings (SSSR count). The molecule has 8 heteroatoms. The number of aliphatic imine (C=N–C) groups is 1. The lowest BCUT2D eigenvalue weighted by Gasteiger charge is -2.20. The van der Waals surface area contributed by atoms with Crippen LogP contribution in [0.3, 0.4) is 0 Å². The molecule has 0 fully saturated rings. The number of hydrogen-bond donors (Lipinski definition) is 2. The third kappa shape index (κ3) is 5.88. The van der Waals surface area contributed by atoms with E-state index in [-0.39, 0.29) is 12.1 Å². The van der Waals surface area contributed by atoms with Crippen LogP contribution in [0, 0.1) is 13.8 Å². The van der Waals surface area contributed by atoms with Crippen molar-refractivity contribution in [3.8, 4) is 0 Å². The zero-order valence-electron chi connectivity index (χ0n) is 18.9. The van der Waals surface area contributed by atoms with Crippen molar-refractivity contribution in [2.45, 2.75) is 46.2 Å². The van der Waals surface area contributed by atoms with Gasteiger partial charge in [-0.05, 0) is 63.4 Å². The topological polar surface area (TPSA) is 72.1 Å². The van der Waals surface area contributed by atoms with E-state index in [1.807, 2.05) is 52.9 Å². The second-order valence-corrected chi connectivity index (χ2v) is 8.23. The normalized spacial score (nSPS) is 13.8. The molecule has 31 heavy (non-hydrogen) atoms. The first-order chi connectivity index (χ1) is 14.9. The van der Waals surface area contributed by atoms with Crippen molar-refractivity contribution >= 4 is 17.6 Å². The monoisotopic (exact) mass is 441 g/mol. The number of halogens is 1. The highest BCUT2D eigenvalue weighted by atomic mass is 35.5. The quantitative estimate of drug-likeness (QED) is 0.413. The molecule has 1 aromatic carbocycles. The van der Waals surface area contributed by atoms with Crippen molar-refractivity contribution in [2.24, 2.45) is 12.0 Å². The highest BCUT2D eigenvalue weighted by Gasteiger charge is 2.16. The van der Waals surface area contributed by atoms with Gasteiger partial charge in [0, 0.05) is 42.7 Å². The number of aryl methyl sites for hydroxylation is 2. The van der Waals surface area contributed by atoms with E-state index in [2.05, 4.69) is 48.5 Å². The van der Waals surface area contributed by atoms with Crippen molar-refractivity contribution in [3.63, 3.8) is 0 Å². The van der Waals surface area contributed by atoms with Crippen molar-refractivity contribution in [2.75, 3.05) is 13.1 Å². The van der Waals surface area contributed by atoms with Crippen molar-refractivity contribution < 1.29 is 0 Å². The molecule has 0 bridgehead atoms. The van der Waals surface area contributed by atoms with Crippen LogP contribution < -0.4 is 10.6 Å². The van der Waals surface area contributed by atoms with Crippen molar-refractivity contribution in [1.29, 1.82) is 0 Å². The second kappa shape index (κ2) is 10.5. The number of aromatic nitrogens is 4. The fourth-order valence-electron chi connectivity index (χ4n) is 3.69. The number of nitrogens with one attached hydrogen (secondary N) is 2. The van der Waals surface area contributed by atoms with Crippen LogP contribution in [0.4, 0.5) is 0 Å². The van der Waals surface area contributed by atoms with Gasteiger partial charge in [-0.1, -0.05) is 23.7 Å². The molecule has 0 aliphatic rings. The van der Waals surface area contributed by atoms with E-state index in [9.17, 15) is 0 Å². The Labute approximate surface area is 189 Å². The molecule has 166 valence electrons. The summed E-state index contributed by atoms with van der Waals surface area (Å²) >= 11 is 6.08. The van der Waals surface area contributed by atoms with Crippen LogP contribution in [-0.2, 0) is 13.5 Å². The summed E-state index contributed by atoms with van der Waals surface area (Å²) in [7, 11) is 1.99. The van der Waals surface area contributed by atoms with E-state index < -0.39 is 0 Å². The maximum absolute atomic E-state index is 6.08. The molecule has 0 radical (unpaired) electrons. The third-order valence-corrected chi connectivity index (χ3v) is 5.67. The first kappa shape index (κ1) is 22.9. The zero-order chi connectivity index (χ0) is 22.4. The predicted molar refractivity (Wildman–Crippen MR) is 127 cm³/mol. The molecule has 0 amide bonds. The number of hydrogen-bond acceptors (Lipinski definition) is 3. The van der Waals surface area contributed by atoms with Crippen LogP contribution in [0.2, 0.25) is 5.02 Å². The van der Waals surface area contributed by atoms with Crippen molar-refractivity contribution in [3.05, 3.63) is 70.3 Å². The molecule has 2 atom stereocenters. The van der Waals surface area contributed by atoms with Gasteiger partial charge in [-0.25, -0.2) is 0 Å². The van der Waals surface area contributed by atoms with Gasteiger partial charge in [-0.2, -0.15) is 10.2 Å². The summed E-state index contributed by atoms with van der Waals surface area (Å²) in [5.41, 5.74) is 4.68. The molecule has 2 unspecified atom stereocenters. The second-order valence-electron chi connectivity index (χ2n) is 7.80. The summed E-state index contributed by atoms with van der Waals surface area (Å²) < 4.78 is 3.87. The lowest BCUT2D eigenvalue weighted by atomic mass is 10.1. The van der Waals surface area contributed by atoms with E-state index in [0.29, 0.717) is 6.54 Å². The molecular formula is C23H32ClN7. The Morgan fingerprint density at radius 1 is 1.23 bits per heavy atom. The maximum Gasteiger partial charge on any atom is 0.191 e. The van der Waals surface area contributed by atoms with E-state index in [4.69, 9.17) is 16.6 Å². The Morgan fingerprint density at radius 3 is 2.55 bits per heavy atom. The number of rotatable bonds is 8. The van der Waals surface area contributed by atoms with Crippen LogP contribution in [0.25, 0.3) is 0 Å². The standard InChI is InChI=1S/C23H32ClN7/c1-6-25-23(28-16(2)14-21-17(3)29-30(5)18(21)4)26-15-22(31-13-7-12-27-31)19-8-10-20(24)11-9-19/h7-13,16,22H,6,14-15H2,1-5H3,(H2,25,26,28). The lowest BCUT2D eigenvalue weighted by molar-refractivity contribution is 0.529. The van der Waals surface area contributed by atoms with Gasteiger partial charge in [0.15, 0.2) is 5.96 Å². The molecule has 0 saturated carbocycles. The Balaban J connectivity index is 1.75. The Morgan fingerprint density at radius 2 is 1.97 bits per heavy atom. The first-order valence-electron chi connectivity index (χ1n) is 10.7. The third-order valence-electron chi connectivity index (χ3n) is 5.42. The largest absolute Gasteiger partial charge is 0.357 e. The van der Waals surface area contributed by atoms with Gasteiger partial charge in [-0.15, -0.1) is 0 Å². The minimum Gasteiger partial charge on any atom is -0.357 e. The summed E-state index contributed by atoms with van der Waals surface area (Å²) in [6.07, 6.45) is 4.64. The van der Waals surface area contributed by atoms with E-state index in [0.717, 1.165) is 35.2 Å². The van der Waals surface area contributed by atoms with Gasteiger partial charge in [-0.3, -0.25) is 14.4 Å². The Bertz CT molecular complexity index is 990. The summed E-state index contributed by atoms with van der Waals surface area (Å²) in [6.45, 7) is 9.76. The molecule has 0 saturated heterocycles. The van der Waals surface area contributed by atoms with Gasteiger partial charge in [0.2, 0.25) is 0 Å². The van der Waals surface area contributed by atoms with Gasteiger partial charge < -0.3 is 10.6 Å². The van der Waals surface area contributed by atoms with Gasteiger partial charge in [0.1, 0.15) is 0 Å². The highest BCUT2D eigenvalue weighted by Crippen LogP contribution is 2.20. The SMILES string of the molecule is CCNC(=NCC(c1ccc(Cl)cc1)n1cccn1)NC(C)Cc1c(C)nn(C)c1C. The van der Waals surface area contributed by atoms with Crippen molar-refractivity contribution in [1.82, 2.24) is 30.2 Å². The fraction of sp³-hybridized carbons (Fsp3) is 0.435. The molecule has 2 heterocycles. The Hall–Kier alpha value is -2.80. The highest BCUT2D eigenvalue weighted by molar-refractivity contribution is 6.30. The number of benzene rings is 1. The molecule has 3 aromatic rings. The average molecular weight is 442 g/mol. The summed E-state index contributed by atoms with van der Waals surface area (Å²) in [5, 5.41) is 16.6. The molecule has 0 spiro atoms. The molecule has 2 aromatic heterocycles. The predicted octanol–water partition coefficient (Wildman–Crippen LogP) is 3.66. The average Bonchev–Trinajstić information content (AvgIpc) is 3.34. The summed E-state index contributed by atoms with van der Waals surface area (Å²) in [5.74, 6) is 0.792. The van der Waals surface area contributed by atoms with Crippen LogP contribution in [0.15, 0.2) is 47.7 Å².